The van der Waals surface area contributed by atoms with Crippen LogP contribution in [0.2, 0.25) is 0 Å². The Morgan fingerprint density at radius 1 is 1.00 bits per heavy atom. The molecule has 1 saturated heterocycles. The van der Waals surface area contributed by atoms with Gasteiger partial charge in [0, 0.05) is 12.6 Å². The standard InChI is InChI=1S/C16H32N2/c1-2-11-17-13-15-10-12-18(14-15)16-8-6-4-3-5-7-9-16/h15-17H,2-14H2,1H3. The molecule has 2 nitrogen and oxygen atoms in total. The van der Waals surface area contributed by atoms with E-state index in [-0.39, 0.29) is 0 Å². The maximum Gasteiger partial charge on any atom is 0.00953 e. The zero-order chi connectivity index (χ0) is 12.6. The Morgan fingerprint density at radius 2 is 1.72 bits per heavy atom. The van der Waals surface area contributed by atoms with E-state index in [0.29, 0.717) is 0 Å². The van der Waals surface area contributed by atoms with Gasteiger partial charge in [0.1, 0.15) is 0 Å². The van der Waals surface area contributed by atoms with Gasteiger partial charge in [0.15, 0.2) is 0 Å². The van der Waals surface area contributed by atoms with Gasteiger partial charge in [-0.15, -0.1) is 0 Å². The Morgan fingerprint density at radius 3 is 2.44 bits per heavy atom. The van der Waals surface area contributed by atoms with Crippen LogP contribution in [0, 0.1) is 5.92 Å². The molecular formula is C16H32N2. The zero-order valence-electron chi connectivity index (χ0n) is 12.3. The summed E-state index contributed by atoms with van der Waals surface area (Å²) in [5, 5.41) is 3.60. The van der Waals surface area contributed by atoms with E-state index in [2.05, 4.69) is 17.1 Å². The van der Waals surface area contributed by atoms with Crippen LogP contribution in [-0.4, -0.2) is 37.1 Å². The lowest BCUT2D eigenvalue weighted by Gasteiger charge is -2.29. The summed E-state index contributed by atoms with van der Waals surface area (Å²) in [6.07, 6.45) is 13.0. The number of hydrogen-bond acceptors (Lipinski definition) is 2. The summed E-state index contributed by atoms with van der Waals surface area (Å²) in [5.74, 6) is 0.919. The van der Waals surface area contributed by atoms with Gasteiger partial charge in [0.05, 0.1) is 0 Å². The number of hydrogen-bond donors (Lipinski definition) is 1. The highest BCUT2D eigenvalue weighted by molar-refractivity contribution is 4.83. The largest absolute Gasteiger partial charge is 0.316 e. The summed E-state index contributed by atoms with van der Waals surface area (Å²) >= 11 is 0. The van der Waals surface area contributed by atoms with Crippen LogP contribution in [0.4, 0.5) is 0 Å². The van der Waals surface area contributed by atoms with E-state index in [9.17, 15) is 0 Å². The Hall–Kier alpha value is -0.0800. The predicted octanol–water partition coefficient (Wildman–Crippen LogP) is 3.42. The highest BCUT2D eigenvalue weighted by Crippen LogP contribution is 2.26. The van der Waals surface area contributed by atoms with Gasteiger partial charge in [-0.3, -0.25) is 0 Å². The lowest BCUT2D eigenvalue weighted by atomic mass is 9.96. The number of nitrogens with zero attached hydrogens (tertiary/aromatic N) is 1. The molecule has 1 heterocycles. The van der Waals surface area contributed by atoms with Crippen LogP contribution in [-0.2, 0) is 0 Å². The van der Waals surface area contributed by atoms with Crippen LogP contribution < -0.4 is 5.32 Å². The van der Waals surface area contributed by atoms with Crippen LogP contribution in [0.15, 0.2) is 0 Å². The number of nitrogens with one attached hydrogen (secondary N) is 1. The minimum absolute atomic E-state index is 0.918. The fourth-order valence-electron chi connectivity index (χ4n) is 3.64. The van der Waals surface area contributed by atoms with Crippen molar-refractivity contribution in [2.75, 3.05) is 26.2 Å². The van der Waals surface area contributed by atoms with Crippen molar-refractivity contribution in [3.63, 3.8) is 0 Å². The van der Waals surface area contributed by atoms with Gasteiger partial charge >= 0.3 is 0 Å². The molecule has 1 N–H and O–H groups in total. The summed E-state index contributed by atoms with van der Waals surface area (Å²) in [7, 11) is 0. The summed E-state index contributed by atoms with van der Waals surface area (Å²) in [5.41, 5.74) is 0. The quantitative estimate of drug-likeness (QED) is 0.754. The summed E-state index contributed by atoms with van der Waals surface area (Å²) in [6.45, 7) is 7.42. The molecule has 0 bridgehead atoms. The highest BCUT2D eigenvalue weighted by atomic mass is 15.2. The van der Waals surface area contributed by atoms with Crippen LogP contribution in [0.1, 0.15) is 64.7 Å². The highest BCUT2D eigenvalue weighted by Gasteiger charge is 2.27. The Balaban J connectivity index is 1.69. The second-order valence-corrected chi connectivity index (χ2v) is 6.35. The average molecular weight is 252 g/mol. The molecule has 0 radical (unpaired) electrons. The van der Waals surface area contributed by atoms with Crippen molar-refractivity contribution in [2.24, 2.45) is 5.92 Å². The van der Waals surface area contributed by atoms with Gasteiger partial charge in [-0.1, -0.05) is 39.0 Å². The van der Waals surface area contributed by atoms with Gasteiger partial charge in [-0.25, -0.2) is 0 Å². The normalized spacial score (nSPS) is 28.2. The first-order chi connectivity index (χ1) is 8.90. The van der Waals surface area contributed by atoms with E-state index in [0.717, 1.165) is 12.0 Å². The monoisotopic (exact) mass is 252 g/mol. The fraction of sp³-hybridized carbons (Fsp3) is 1.00. The van der Waals surface area contributed by atoms with Gasteiger partial charge in [-0.2, -0.15) is 0 Å². The zero-order valence-corrected chi connectivity index (χ0v) is 12.3. The first-order valence-electron chi connectivity index (χ1n) is 8.35. The predicted molar refractivity (Wildman–Crippen MR) is 78.9 cm³/mol. The molecule has 0 amide bonds. The molecule has 0 aromatic heterocycles. The van der Waals surface area contributed by atoms with Crippen molar-refractivity contribution >= 4 is 0 Å². The molecule has 1 aliphatic heterocycles. The number of rotatable bonds is 5. The molecule has 2 aliphatic rings. The second-order valence-electron chi connectivity index (χ2n) is 6.35. The van der Waals surface area contributed by atoms with E-state index < -0.39 is 0 Å². The van der Waals surface area contributed by atoms with E-state index in [4.69, 9.17) is 0 Å². The van der Waals surface area contributed by atoms with Crippen molar-refractivity contribution in [3.8, 4) is 0 Å². The van der Waals surface area contributed by atoms with E-state index in [1.807, 2.05) is 0 Å². The molecule has 1 aliphatic carbocycles. The van der Waals surface area contributed by atoms with Crippen molar-refractivity contribution in [1.29, 1.82) is 0 Å². The molecule has 2 rings (SSSR count). The van der Waals surface area contributed by atoms with Crippen molar-refractivity contribution in [3.05, 3.63) is 0 Å². The lowest BCUT2D eigenvalue weighted by Crippen LogP contribution is -2.35. The van der Waals surface area contributed by atoms with Gasteiger partial charge < -0.3 is 10.2 Å². The summed E-state index contributed by atoms with van der Waals surface area (Å²) < 4.78 is 0. The molecule has 106 valence electrons. The third-order valence-corrected chi connectivity index (χ3v) is 4.77. The maximum atomic E-state index is 3.60. The van der Waals surface area contributed by atoms with Gasteiger partial charge in [0.2, 0.25) is 0 Å². The molecule has 0 aromatic carbocycles. The van der Waals surface area contributed by atoms with Crippen LogP contribution in [0.3, 0.4) is 0 Å². The smallest absolute Gasteiger partial charge is 0.00953 e. The lowest BCUT2D eigenvalue weighted by molar-refractivity contribution is 0.196. The Labute approximate surface area is 114 Å². The Bertz CT molecular complexity index is 209. The minimum Gasteiger partial charge on any atom is -0.316 e. The molecular weight excluding hydrogens is 220 g/mol. The molecule has 1 atom stereocenters. The van der Waals surface area contributed by atoms with Gasteiger partial charge in [-0.05, 0) is 51.2 Å². The molecule has 0 spiro atoms. The molecule has 0 aromatic rings. The molecule has 1 unspecified atom stereocenters. The first-order valence-corrected chi connectivity index (χ1v) is 8.35. The minimum atomic E-state index is 0.918. The van der Waals surface area contributed by atoms with E-state index in [1.54, 1.807) is 0 Å². The van der Waals surface area contributed by atoms with Crippen molar-refractivity contribution < 1.29 is 0 Å². The van der Waals surface area contributed by atoms with Crippen LogP contribution in [0.5, 0.6) is 0 Å². The molecule has 2 fully saturated rings. The maximum absolute atomic E-state index is 3.60. The molecule has 18 heavy (non-hydrogen) atoms. The molecule has 2 heteroatoms. The van der Waals surface area contributed by atoms with Gasteiger partial charge in [0.25, 0.3) is 0 Å². The topological polar surface area (TPSA) is 15.3 Å². The third kappa shape index (κ3) is 4.55. The summed E-state index contributed by atoms with van der Waals surface area (Å²) in [6, 6.07) is 0.918. The van der Waals surface area contributed by atoms with Crippen LogP contribution in [0.25, 0.3) is 0 Å². The second kappa shape index (κ2) is 8.16. The Kier molecular flexibility index (Phi) is 6.50. The van der Waals surface area contributed by atoms with E-state index >= 15 is 0 Å². The number of likely N-dealkylation sites (tertiary alicyclic amines) is 1. The molecule has 1 saturated carbocycles. The third-order valence-electron chi connectivity index (χ3n) is 4.77. The first kappa shape index (κ1) is 14.3. The fourth-order valence-corrected chi connectivity index (χ4v) is 3.64. The summed E-state index contributed by atoms with van der Waals surface area (Å²) in [4.78, 5) is 2.81. The van der Waals surface area contributed by atoms with Crippen LogP contribution >= 0.6 is 0 Å². The average Bonchev–Trinajstić information content (AvgIpc) is 2.78. The van der Waals surface area contributed by atoms with Crippen molar-refractivity contribution in [1.82, 2.24) is 10.2 Å². The van der Waals surface area contributed by atoms with E-state index in [1.165, 1.54) is 84.0 Å². The SMILES string of the molecule is CCCNCC1CCN(C2CCCCCCC2)C1. The van der Waals surface area contributed by atoms with Crippen molar-refractivity contribution in [2.45, 2.75) is 70.8 Å².